The number of likely N-dealkylation sites (tertiary alicyclic amines) is 2. The van der Waals surface area contributed by atoms with Crippen LogP contribution in [0.25, 0.3) is 0 Å². The van der Waals surface area contributed by atoms with Gasteiger partial charge in [0, 0.05) is 61.8 Å². The summed E-state index contributed by atoms with van der Waals surface area (Å²) >= 11 is 0. The van der Waals surface area contributed by atoms with E-state index in [1.165, 1.54) is 20.9 Å². The molecular formula is C48H56N8O6. The number of amides is 6. The number of hydrogen-bond donors (Lipinski definition) is 6. The summed E-state index contributed by atoms with van der Waals surface area (Å²) in [5.74, 6) is 0.610. The molecule has 0 spiro atoms. The lowest BCUT2D eigenvalue weighted by atomic mass is 9.67. The van der Waals surface area contributed by atoms with Gasteiger partial charge in [-0.2, -0.15) is 0 Å². The van der Waals surface area contributed by atoms with Crippen molar-refractivity contribution in [2.75, 3.05) is 36.8 Å². The molecule has 9 rings (SSSR count). The van der Waals surface area contributed by atoms with Crippen LogP contribution in [0.5, 0.6) is 0 Å². The Morgan fingerprint density at radius 1 is 0.548 bits per heavy atom. The van der Waals surface area contributed by atoms with Gasteiger partial charge in [-0.25, -0.2) is 9.59 Å². The molecule has 5 fully saturated rings. The molecule has 4 atom stereocenters. The van der Waals surface area contributed by atoms with E-state index in [1.54, 1.807) is 48.5 Å². The Balaban J connectivity index is 0.793. The van der Waals surface area contributed by atoms with Crippen molar-refractivity contribution in [1.82, 2.24) is 19.6 Å². The van der Waals surface area contributed by atoms with Crippen LogP contribution in [0, 0.1) is 0 Å². The lowest BCUT2D eigenvalue weighted by Gasteiger charge is -2.70. The third-order valence-corrected chi connectivity index (χ3v) is 14.2. The molecule has 5 aliphatic rings. The summed E-state index contributed by atoms with van der Waals surface area (Å²) in [7, 11) is 0. The number of nitrogens with two attached hydrogens (primary N) is 2. The van der Waals surface area contributed by atoms with Gasteiger partial charge in [-0.3, -0.25) is 19.4 Å². The highest BCUT2D eigenvalue weighted by atomic mass is 16.4. The molecule has 3 saturated heterocycles. The minimum Gasteiger partial charge on any atom is -0.369 e. The molecule has 0 aromatic heterocycles. The molecule has 0 bridgehead atoms. The van der Waals surface area contributed by atoms with E-state index in [2.05, 4.69) is 34.9 Å². The first-order valence-electron chi connectivity index (χ1n) is 22.0. The normalized spacial score (nSPS) is 24.9. The first-order chi connectivity index (χ1) is 30.0. The van der Waals surface area contributed by atoms with Crippen LogP contribution in [0.4, 0.5) is 21.0 Å². The van der Waals surface area contributed by atoms with E-state index in [0.717, 1.165) is 36.8 Å². The zero-order valence-electron chi connectivity index (χ0n) is 34.9. The molecule has 4 aromatic rings. The predicted octanol–water partition coefficient (Wildman–Crippen LogP) is 5.73. The lowest BCUT2D eigenvalue weighted by Crippen LogP contribution is -2.88. The summed E-state index contributed by atoms with van der Waals surface area (Å²) in [4.78, 5) is 61.1. The summed E-state index contributed by atoms with van der Waals surface area (Å²) in [5.41, 5.74) is 14.9. The quantitative estimate of drug-likeness (QED) is 0.129. The second kappa shape index (κ2) is 16.8. The Hall–Kier alpha value is -5.80. The van der Waals surface area contributed by atoms with Gasteiger partial charge in [0.25, 0.3) is 11.8 Å². The number of anilines is 2. The molecule has 3 heterocycles. The van der Waals surface area contributed by atoms with Gasteiger partial charge in [0.05, 0.1) is 12.1 Å². The predicted molar refractivity (Wildman–Crippen MR) is 235 cm³/mol. The molecule has 8 N–H and O–H groups in total. The van der Waals surface area contributed by atoms with Gasteiger partial charge in [-0.1, -0.05) is 48.5 Å². The number of urea groups is 2. The number of piperidine rings is 2. The highest BCUT2D eigenvalue weighted by Gasteiger charge is 2.72. The van der Waals surface area contributed by atoms with Crippen molar-refractivity contribution in [3.05, 3.63) is 130 Å². The third kappa shape index (κ3) is 7.59. The second-order valence-corrected chi connectivity index (χ2v) is 17.7. The van der Waals surface area contributed by atoms with E-state index in [1.807, 2.05) is 34.1 Å². The number of fused-ring (bicyclic) bond motifs is 2. The number of benzene rings is 4. The molecule has 2 aliphatic carbocycles. The van der Waals surface area contributed by atoms with Gasteiger partial charge in [-0.05, 0) is 134 Å². The average molecular weight is 841 g/mol. The largest absolute Gasteiger partial charge is 0.369 e. The second-order valence-electron chi connectivity index (χ2n) is 17.7. The summed E-state index contributed by atoms with van der Waals surface area (Å²) in [5, 5.41) is 29.7. The van der Waals surface area contributed by atoms with Crippen LogP contribution >= 0.6 is 0 Å². The van der Waals surface area contributed by atoms with Crippen molar-refractivity contribution in [3.8, 4) is 0 Å². The van der Waals surface area contributed by atoms with Crippen molar-refractivity contribution in [1.29, 1.82) is 0 Å². The maximum atomic E-state index is 13.9. The number of nitrogens with one attached hydrogen (secondary N) is 2. The molecule has 3 aliphatic heterocycles. The molecule has 324 valence electrons. The average Bonchev–Trinajstić information content (AvgIpc) is 3.31. The molecule has 0 radical (unpaired) electrons. The standard InChI is InChI=1S/C48H56N8O6/c49-29-31-3-1-5-37(27-31)33-17-23-53(24-18-33)43(57)35-7-11-39(12-8-35)51-45(59)55-41-15-22-48(41,62)56(42-16-21-47(42,55)61)46(60)52-40-13-9-36(10-14-40)44(58)54-25-19-34(20-26-54)38-6-2-4-32(28-38)30-50/h1-14,27-28,33-34,41-42,61-62H,15-26,29-30,49-50H2,(H,51,59)(H,52,60)/t41?,42?,47-,48-/m0/s1. The molecule has 2 saturated carbocycles. The Bertz CT molecular complexity index is 2160. The topological polar surface area (TPSA) is 198 Å². The number of hydrogen-bond acceptors (Lipinski definition) is 8. The summed E-state index contributed by atoms with van der Waals surface area (Å²) < 4.78 is 0. The maximum absolute atomic E-state index is 13.9. The van der Waals surface area contributed by atoms with Crippen molar-refractivity contribution in [3.63, 3.8) is 0 Å². The summed E-state index contributed by atoms with van der Waals surface area (Å²) in [6, 6.07) is 27.2. The third-order valence-electron chi connectivity index (χ3n) is 14.2. The van der Waals surface area contributed by atoms with Gasteiger partial charge in [-0.15, -0.1) is 0 Å². The van der Waals surface area contributed by atoms with E-state index in [-0.39, 0.29) is 24.7 Å². The van der Waals surface area contributed by atoms with Crippen LogP contribution in [0.2, 0.25) is 0 Å². The lowest BCUT2D eigenvalue weighted by molar-refractivity contribution is -0.331. The van der Waals surface area contributed by atoms with Crippen LogP contribution in [0.15, 0.2) is 97.1 Å². The van der Waals surface area contributed by atoms with Crippen LogP contribution in [-0.2, 0) is 13.1 Å². The molecule has 14 heteroatoms. The Labute approximate surface area is 361 Å². The van der Waals surface area contributed by atoms with E-state index in [0.29, 0.717) is 86.4 Å². The molecule has 62 heavy (non-hydrogen) atoms. The monoisotopic (exact) mass is 840 g/mol. The molecule has 2 unspecified atom stereocenters. The van der Waals surface area contributed by atoms with Crippen LogP contribution in [-0.4, -0.2) is 103 Å². The van der Waals surface area contributed by atoms with Gasteiger partial charge in [0.1, 0.15) is 0 Å². The SMILES string of the molecule is NCc1cccc(C2CCN(C(=O)c3ccc(NC(=O)N4C5CC[C@@]5(O)N(C(=O)Nc5ccc(C(=O)N6CCC(c7cccc(CN)c7)CC6)cc5)C5CC[C@]54O)cc3)CC2)c1. The van der Waals surface area contributed by atoms with Crippen LogP contribution < -0.4 is 22.1 Å². The number of rotatable bonds is 8. The highest BCUT2D eigenvalue weighted by Crippen LogP contribution is 2.55. The molecular weight excluding hydrogens is 785 g/mol. The Morgan fingerprint density at radius 3 is 1.24 bits per heavy atom. The van der Waals surface area contributed by atoms with E-state index < -0.39 is 35.6 Å². The van der Waals surface area contributed by atoms with Crippen molar-refractivity contribution < 1.29 is 29.4 Å². The Morgan fingerprint density at radius 2 is 0.919 bits per heavy atom. The van der Waals surface area contributed by atoms with Gasteiger partial charge < -0.3 is 42.1 Å². The van der Waals surface area contributed by atoms with Crippen molar-refractivity contribution in [2.24, 2.45) is 11.5 Å². The van der Waals surface area contributed by atoms with E-state index >= 15 is 0 Å². The highest BCUT2D eigenvalue weighted by molar-refractivity contribution is 5.97. The molecule has 6 amide bonds. The van der Waals surface area contributed by atoms with E-state index in [4.69, 9.17) is 11.5 Å². The first-order valence-corrected chi connectivity index (χ1v) is 22.0. The van der Waals surface area contributed by atoms with E-state index in [9.17, 15) is 29.4 Å². The van der Waals surface area contributed by atoms with Crippen molar-refractivity contribution in [2.45, 2.75) is 99.8 Å². The number of aliphatic hydroxyl groups is 2. The number of carbonyl (C=O) groups is 4. The molecule has 14 nitrogen and oxygen atoms in total. The van der Waals surface area contributed by atoms with Gasteiger partial charge in [0.2, 0.25) is 0 Å². The number of piperazine rings is 1. The maximum Gasteiger partial charge on any atom is 0.324 e. The van der Waals surface area contributed by atoms with Crippen LogP contribution in [0.3, 0.4) is 0 Å². The zero-order chi connectivity index (χ0) is 43.2. The number of nitrogens with zero attached hydrogens (tertiary/aromatic N) is 4. The van der Waals surface area contributed by atoms with Gasteiger partial charge in [0.15, 0.2) is 11.4 Å². The zero-order valence-corrected chi connectivity index (χ0v) is 34.9. The van der Waals surface area contributed by atoms with Crippen LogP contribution in [0.1, 0.15) is 106 Å². The first kappa shape index (κ1) is 41.5. The fourth-order valence-corrected chi connectivity index (χ4v) is 10.4. The molecule has 4 aromatic carbocycles. The summed E-state index contributed by atoms with van der Waals surface area (Å²) in [6.45, 7) is 3.56. The van der Waals surface area contributed by atoms with Gasteiger partial charge >= 0.3 is 12.1 Å². The fraction of sp³-hybridized carbons (Fsp3) is 0.417. The minimum atomic E-state index is -1.69. The smallest absolute Gasteiger partial charge is 0.324 e. The summed E-state index contributed by atoms with van der Waals surface area (Å²) in [6.07, 6.45) is 4.70. The minimum absolute atomic E-state index is 0.0701. The number of carbonyl (C=O) groups excluding carboxylic acids is 4. The van der Waals surface area contributed by atoms with Crippen molar-refractivity contribution >= 4 is 35.3 Å². The fourth-order valence-electron chi connectivity index (χ4n) is 10.4. The Kier molecular flexibility index (Phi) is 11.3.